The van der Waals surface area contributed by atoms with E-state index < -0.39 is 4.92 Å². The fourth-order valence-electron chi connectivity index (χ4n) is 3.18. The highest BCUT2D eigenvalue weighted by Crippen LogP contribution is 2.36. The highest BCUT2D eigenvalue weighted by molar-refractivity contribution is 9.10. The van der Waals surface area contributed by atoms with Gasteiger partial charge >= 0.3 is 0 Å². The first-order valence-corrected chi connectivity index (χ1v) is 9.65. The van der Waals surface area contributed by atoms with E-state index in [1.165, 1.54) is 12.1 Å². The van der Waals surface area contributed by atoms with Gasteiger partial charge in [0.1, 0.15) is 0 Å². The maximum atomic E-state index is 13.3. The van der Waals surface area contributed by atoms with E-state index >= 15 is 0 Å². The number of carbonyl (C=O) groups is 1. The lowest BCUT2D eigenvalue weighted by Crippen LogP contribution is -2.24. The molecule has 0 aliphatic carbocycles. The molecule has 1 aliphatic heterocycles. The van der Waals surface area contributed by atoms with Crippen molar-refractivity contribution < 1.29 is 9.72 Å². The molecule has 0 spiro atoms. The highest BCUT2D eigenvalue weighted by atomic mass is 79.9. The number of hydrogen-bond acceptors (Lipinski definition) is 3. The molecule has 4 rings (SSSR count). The zero-order chi connectivity index (χ0) is 20.4. The normalized spacial score (nSPS) is 14.9. The number of nitro benzene ring substituents is 1. The van der Waals surface area contributed by atoms with Crippen LogP contribution in [0.1, 0.15) is 11.1 Å². The molecule has 0 saturated carbocycles. The zero-order valence-electron chi connectivity index (χ0n) is 15.2. The Labute approximate surface area is 175 Å². The molecular weight excluding hydrogens is 432 g/mol. The SMILES string of the molecule is O=C1/C(=C/c2ccc([N+](=O)[O-])cc2)C=C(c2ccccc2)N1c1cccc(Br)c1. The van der Waals surface area contributed by atoms with Gasteiger partial charge in [-0.15, -0.1) is 0 Å². The molecule has 0 unspecified atom stereocenters. The Morgan fingerprint density at radius 2 is 1.66 bits per heavy atom. The van der Waals surface area contributed by atoms with E-state index in [2.05, 4.69) is 15.9 Å². The smallest absolute Gasteiger partial charge is 0.269 e. The minimum atomic E-state index is -0.444. The molecule has 0 fully saturated rings. The number of nitro groups is 1. The number of non-ortho nitro benzene ring substituents is 1. The molecule has 0 N–H and O–H groups in total. The molecule has 5 nitrogen and oxygen atoms in total. The van der Waals surface area contributed by atoms with Gasteiger partial charge < -0.3 is 0 Å². The highest BCUT2D eigenvalue weighted by Gasteiger charge is 2.30. The van der Waals surface area contributed by atoms with Crippen LogP contribution in [-0.4, -0.2) is 10.8 Å². The third-order valence-electron chi connectivity index (χ3n) is 4.55. The van der Waals surface area contributed by atoms with Crippen LogP contribution in [0.25, 0.3) is 11.8 Å². The molecule has 3 aromatic rings. The van der Waals surface area contributed by atoms with Crippen molar-refractivity contribution in [2.45, 2.75) is 0 Å². The second-order valence-electron chi connectivity index (χ2n) is 6.46. The Kier molecular flexibility index (Phi) is 5.10. The van der Waals surface area contributed by atoms with Gasteiger partial charge in [0.25, 0.3) is 11.6 Å². The minimum Gasteiger partial charge on any atom is -0.276 e. The van der Waals surface area contributed by atoms with Gasteiger partial charge in [-0.1, -0.05) is 52.3 Å². The third kappa shape index (κ3) is 3.88. The Balaban J connectivity index is 1.78. The van der Waals surface area contributed by atoms with Crippen molar-refractivity contribution in [3.63, 3.8) is 0 Å². The minimum absolute atomic E-state index is 0.0150. The number of amides is 1. The number of benzene rings is 3. The van der Waals surface area contributed by atoms with Crippen LogP contribution in [0.5, 0.6) is 0 Å². The Hall–Kier alpha value is -3.51. The maximum Gasteiger partial charge on any atom is 0.269 e. The Bertz CT molecular complexity index is 1150. The predicted molar refractivity (Wildman–Crippen MR) is 117 cm³/mol. The standard InChI is InChI=1S/C23H15BrN2O3/c24-19-7-4-8-21(15-19)25-22(17-5-2-1-3-6-17)14-18(23(25)27)13-16-9-11-20(12-10-16)26(28)29/h1-15H/b18-13+. The van der Waals surface area contributed by atoms with Crippen molar-refractivity contribution in [2.75, 3.05) is 4.90 Å². The number of carbonyl (C=O) groups excluding carboxylic acids is 1. The summed E-state index contributed by atoms with van der Waals surface area (Å²) in [5.41, 5.74) is 3.71. The number of anilines is 1. The molecule has 1 heterocycles. The van der Waals surface area contributed by atoms with Crippen molar-refractivity contribution in [1.82, 2.24) is 0 Å². The maximum absolute atomic E-state index is 13.3. The lowest BCUT2D eigenvalue weighted by molar-refractivity contribution is -0.384. The van der Waals surface area contributed by atoms with Crippen LogP contribution in [-0.2, 0) is 4.79 Å². The topological polar surface area (TPSA) is 63.4 Å². The van der Waals surface area contributed by atoms with Crippen LogP contribution in [0.2, 0.25) is 0 Å². The number of nitrogens with zero attached hydrogens (tertiary/aromatic N) is 2. The van der Waals surface area contributed by atoms with Crippen molar-refractivity contribution >= 4 is 45.0 Å². The number of hydrogen-bond donors (Lipinski definition) is 0. The first-order chi connectivity index (χ1) is 14.0. The lowest BCUT2D eigenvalue weighted by Gasteiger charge is -2.21. The molecule has 0 aromatic heterocycles. The quantitative estimate of drug-likeness (QED) is 0.287. The summed E-state index contributed by atoms with van der Waals surface area (Å²) in [4.78, 5) is 25.3. The summed E-state index contributed by atoms with van der Waals surface area (Å²) in [6.07, 6.45) is 3.59. The van der Waals surface area contributed by atoms with Crippen molar-refractivity contribution in [1.29, 1.82) is 0 Å². The molecule has 142 valence electrons. The van der Waals surface area contributed by atoms with Crippen molar-refractivity contribution in [3.05, 3.63) is 116 Å². The fourth-order valence-corrected chi connectivity index (χ4v) is 3.57. The van der Waals surface area contributed by atoms with Gasteiger partial charge in [0, 0.05) is 22.2 Å². The van der Waals surface area contributed by atoms with Gasteiger partial charge in [0.05, 0.1) is 16.3 Å². The van der Waals surface area contributed by atoms with Crippen LogP contribution < -0.4 is 4.90 Å². The first kappa shape index (κ1) is 18.8. The van der Waals surface area contributed by atoms with Crippen molar-refractivity contribution in [2.24, 2.45) is 0 Å². The number of halogens is 1. The molecule has 29 heavy (non-hydrogen) atoms. The van der Waals surface area contributed by atoms with Gasteiger partial charge in [0.2, 0.25) is 0 Å². The summed E-state index contributed by atoms with van der Waals surface area (Å²) in [6.45, 7) is 0. The van der Waals surface area contributed by atoms with Crippen molar-refractivity contribution in [3.8, 4) is 0 Å². The van der Waals surface area contributed by atoms with Gasteiger partial charge in [-0.25, -0.2) is 0 Å². The molecular formula is C23H15BrN2O3. The molecule has 1 aliphatic rings. The Morgan fingerprint density at radius 1 is 0.931 bits per heavy atom. The van der Waals surface area contributed by atoms with E-state index in [0.717, 1.165) is 27.0 Å². The molecule has 0 atom stereocenters. The van der Waals surface area contributed by atoms with E-state index in [1.807, 2.05) is 60.7 Å². The van der Waals surface area contributed by atoms with Crippen LogP contribution in [0.4, 0.5) is 11.4 Å². The van der Waals surface area contributed by atoms with E-state index in [-0.39, 0.29) is 11.6 Å². The zero-order valence-corrected chi connectivity index (χ0v) is 16.7. The molecule has 1 amide bonds. The predicted octanol–water partition coefficient (Wildman–Crippen LogP) is 5.83. The molecule has 0 saturated heterocycles. The largest absolute Gasteiger partial charge is 0.276 e. The molecule has 0 bridgehead atoms. The Morgan fingerprint density at radius 3 is 2.31 bits per heavy atom. The van der Waals surface area contributed by atoms with E-state index in [0.29, 0.717) is 5.57 Å². The van der Waals surface area contributed by atoms with Crippen LogP contribution in [0, 0.1) is 10.1 Å². The summed E-state index contributed by atoms with van der Waals surface area (Å²) in [5, 5.41) is 10.9. The average Bonchev–Trinajstić information content (AvgIpc) is 3.05. The lowest BCUT2D eigenvalue weighted by atomic mass is 10.1. The second kappa shape index (κ2) is 7.85. The fraction of sp³-hybridized carbons (Fsp3) is 0. The summed E-state index contributed by atoms with van der Waals surface area (Å²) >= 11 is 3.47. The van der Waals surface area contributed by atoms with E-state index in [9.17, 15) is 14.9 Å². The van der Waals surface area contributed by atoms with Crippen LogP contribution in [0.3, 0.4) is 0 Å². The average molecular weight is 447 g/mol. The summed E-state index contributed by atoms with van der Waals surface area (Å²) in [6, 6.07) is 23.4. The monoisotopic (exact) mass is 446 g/mol. The van der Waals surface area contributed by atoms with Gasteiger partial charge in [0.15, 0.2) is 0 Å². The molecule has 3 aromatic carbocycles. The van der Waals surface area contributed by atoms with Crippen LogP contribution >= 0.6 is 15.9 Å². The third-order valence-corrected chi connectivity index (χ3v) is 5.04. The van der Waals surface area contributed by atoms with Crippen LogP contribution in [0.15, 0.2) is 95.0 Å². The molecule has 0 radical (unpaired) electrons. The first-order valence-electron chi connectivity index (χ1n) is 8.86. The summed E-state index contributed by atoms with van der Waals surface area (Å²) in [7, 11) is 0. The molecule has 6 heteroatoms. The van der Waals surface area contributed by atoms with Gasteiger partial charge in [-0.3, -0.25) is 19.8 Å². The number of rotatable bonds is 4. The van der Waals surface area contributed by atoms with E-state index in [1.54, 1.807) is 23.1 Å². The van der Waals surface area contributed by atoms with Gasteiger partial charge in [-0.2, -0.15) is 0 Å². The van der Waals surface area contributed by atoms with Gasteiger partial charge in [-0.05, 0) is 53.6 Å². The second-order valence-corrected chi connectivity index (χ2v) is 7.38. The summed E-state index contributed by atoms with van der Waals surface area (Å²) in [5.74, 6) is -0.152. The van der Waals surface area contributed by atoms with E-state index in [4.69, 9.17) is 0 Å². The summed E-state index contributed by atoms with van der Waals surface area (Å²) < 4.78 is 0.878.